The van der Waals surface area contributed by atoms with Crippen molar-refractivity contribution in [2.45, 2.75) is 18.9 Å². The number of fused-ring (bicyclic) bond motifs is 1. The molecule has 4 heterocycles. The molecule has 6 rings (SSSR count). The Morgan fingerprint density at radius 3 is 2.74 bits per heavy atom. The summed E-state index contributed by atoms with van der Waals surface area (Å²) in [6.45, 7) is 3.79. The van der Waals surface area contributed by atoms with Gasteiger partial charge in [-0.3, -0.25) is 9.98 Å². The van der Waals surface area contributed by atoms with Gasteiger partial charge in [0.15, 0.2) is 11.1 Å². The number of rotatable bonds is 5. The van der Waals surface area contributed by atoms with Crippen molar-refractivity contribution in [1.29, 1.82) is 0 Å². The van der Waals surface area contributed by atoms with Crippen molar-refractivity contribution >= 4 is 40.5 Å². The number of imidazole rings is 1. The molecule has 35 heavy (non-hydrogen) atoms. The molecule has 1 aliphatic heterocycles. The highest BCUT2D eigenvalue weighted by atomic mass is 35.5. The minimum atomic E-state index is -0.496. The molecule has 1 saturated carbocycles. The van der Waals surface area contributed by atoms with Gasteiger partial charge in [0.25, 0.3) is 0 Å². The van der Waals surface area contributed by atoms with Crippen LogP contribution >= 0.6 is 11.6 Å². The van der Waals surface area contributed by atoms with Crippen LogP contribution in [0.1, 0.15) is 18.5 Å². The summed E-state index contributed by atoms with van der Waals surface area (Å²) in [4.78, 5) is 28.2. The van der Waals surface area contributed by atoms with Crippen molar-refractivity contribution in [2.24, 2.45) is 4.99 Å². The Hall–Kier alpha value is -3.83. The van der Waals surface area contributed by atoms with Crippen LogP contribution in [0.3, 0.4) is 0 Å². The molecule has 0 bridgehead atoms. The maximum Gasteiger partial charge on any atom is 0.326 e. The summed E-state index contributed by atoms with van der Waals surface area (Å²) in [5.41, 5.74) is 2.77. The first-order chi connectivity index (χ1) is 17.0. The number of hydrogen-bond acceptors (Lipinski definition) is 8. The van der Waals surface area contributed by atoms with Crippen LogP contribution in [-0.4, -0.2) is 61.9 Å². The van der Waals surface area contributed by atoms with Crippen LogP contribution in [0.5, 0.6) is 5.88 Å². The van der Waals surface area contributed by atoms with E-state index in [1.165, 1.54) is 0 Å². The Kier molecular flexibility index (Phi) is 5.42. The van der Waals surface area contributed by atoms with Gasteiger partial charge in [0.2, 0.25) is 5.88 Å². The van der Waals surface area contributed by atoms with Gasteiger partial charge in [0.05, 0.1) is 22.9 Å². The summed E-state index contributed by atoms with van der Waals surface area (Å²) in [6, 6.07) is 8.09. The van der Waals surface area contributed by atoms with E-state index >= 15 is 0 Å². The lowest BCUT2D eigenvalue weighted by Gasteiger charge is -2.29. The molecule has 11 nitrogen and oxygen atoms in total. The van der Waals surface area contributed by atoms with Crippen molar-refractivity contribution in [3.05, 3.63) is 62.4 Å². The predicted molar refractivity (Wildman–Crippen MR) is 133 cm³/mol. The molecule has 0 amide bonds. The van der Waals surface area contributed by atoms with Crippen LogP contribution in [0, 0.1) is 0 Å². The molecule has 1 saturated heterocycles. The smallest absolute Gasteiger partial charge is 0.326 e. The summed E-state index contributed by atoms with van der Waals surface area (Å²) in [5, 5.41) is 22.3. The van der Waals surface area contributed by atoms with Crippen LogP contribution < -0.4 is 31.9 Å². The summed E-state index contributed by atoms with van der Waals surface area (Å²) in [5.74, 6) is 0.318. The van der Waals surface area contributed by atoms with E-state index < -0.39 is 5.69 Å². The molecular formula is C23H24ClN9O2. The highest BCUT2D eigenvalue weighted by molar-refractivity contribution is 6.33. The second kappa shape index (κ2) is 8.75. The minimum Gasteiger partial charge on any atom is -0.493 e. The van der Waals surface area contributed by atoms with Gasteiger partial charge in [-0.1, -0.05) is 11.6 Å². The zero-order valence-corrected chi connectivity index (χ0v) is 19.5. The molecule has 0 unspecified atom stereocenters. The SMILES string of the molecule is O=c1[nH]c(O)c(/C=c2/cnn3c(=NC4CC4)cc(Nc4ccc(N5CCNCC5)cc4Cl)nc23)[nH]1. The molecule has 1 aromatic carbocycles. The van der Waals surface area contributed by atoms with Gasteiger partial charge in [0, 0.05) is 43.2 Å². The molecule has 1 aliphatic carbocycles. The first kappa shape index (κ1) is 21.7. The minimum absolute atomic E-state index is 0.247. The largest absolute Gasteiger partial charge is 0.493 e. The Bertz CT molecular complexity index is 1580. The zero-order valence-electron chi connectivity index (χ0n) is 18.8. The van der Waals surface area contributed by atoms with Crippen LogP contribution in [0.15, 0.2) is 40.2 Å². The third-order valence-corrected chi connectivity index (χ3v) is 6.39. The molecule has 5 N–H and O–H groups in total. The second-order valence-corrected chi connectivity index (χ2v) is 9.11. The fourth-order valence-corrected chi connectivity index (χ4v) is 4.35. The number of benzene rings is 1. The summed E-state index contributed by atoms with van der Waals surface area (Å²) < 4.78 is 1.66. The van der Waals surface area contributed by atoms with Gasteiger partial charge in [-0.25, -0.2) is 9.78 Å². The zero-order chi connectivity index (χ0) is 23.9. The van der Waals surface area contributed by atoms with Crippen LogP contribution in [-0.2, 0) is 0 Å². The Labute approximate surface area is 204 Å². The van der Waals surface area contributed by atoms with E-state index in [1.54, 1.807) is 16.8 Å². The third-order valence-electron chi connectivity index (χ3n) is 6.07. The molecule has 180 valence electrons. The molecule has 2 aliphatic rings. The fraction of sp³-hybridized carbons (Fsp3) is 0.304. The lowest BCUT2D eigenvalue weighted by atomic mass is 10.2. The van der Waals surface area contributed by atoms with Gasteiger partial charge < -0.3 is 25.6 Å². The van der Waals surface area contributed by atoms with E-state index in [9.17, 15) is 9.90 Å². The molecular weight excluding hydrogens is 470 g/mol. The van der Waals surface area contributed by atoms with E-state index in [2.05, 4.69) is 36.7 Å². The number of H-pyrrole nitrogens is 2. The number of nitrogens with one attached hydrogen (secondary N) is 4. The predicted octanol–water partition coefficient (Wildman–Crippen LogP) is 0.869. The van der Waals surface area contributed by atoms with E-state index in [0.717, 1.165) is 50.4 Å². The third kappa shape index (κ3) is 4.47. The average Bonchev–Trinajstić information content (AvgIpc) is 3.49. The number of halogens is 1. The van der Waals surface area contributed by atoms with Gasteiger partial charge in [-0.05, 0) is 37.1 Å². The fourth-order valence-electron chi connectivity index (χ4n) is 4.12. The first-order valence-electron chi connectivity index (χ1n) is 11.5. The molecule has 0 spiro atoms. The van der Waals surface area contributed by atoms with Gasteiger partial charge >= 0.3 is 5.69 Å². The number of aromatic amines is 2. The summed E-state index contributed by atoms with van der Waals surface area (Å²) >= 11 is 6.64. The van der Waals surface area contributed by atoms with Crippen LogP contribution in [0.2, 0.25) is 5.02 Å². The number of anilines is 3. The molecule has 12 heteroatoms. The van der Waals surface area contributed by atoms with E-state index in [1.807, 2.05) is 18.2 Å². The summed E-state index contributed by atoms with van der Waals surface area (Å²) in [6.07, 6.45) is 5.33. The average molecular weight is 494 g/mol. The van der Waals surface area contributed by atoms with E-state index in [4.69, 9.17) is 21.6 Å². The van der Waals surface area contributed by atoms with Crippen molar-refractivity contribution in [1.82, 2.24) is 29.9 Å². The second-order valence-electron chi connectivity index (χ2n) is 8.71. The first-order valence-corrected chi connectivity index (χ1v) is 11.9. The van der Waals surface area contributed by atoms with Crippen molar-refractivity contribution in [3.63, 3.8) is 0 Å². The van der Waals surface area contributed by atoms with Crippen LogP contribution in [0.4, 0.5) is 17.2 Å². The molecule has 0 radical (unpaired) electrons. The number of aromatic hydroxyl groups is 1. The van der Waals surface area contributed by atoms with Gasteiger partial charge in [-0.2, -0.15) is 9.61 Å². The van der Waals surface area contributed by atoms with Crippen LogP contribution in [0.25, 0.3) is 11.7 Å². The van der Waals surface area contributed by atoms with Gasteiger partial charge in [0.1, 0.15) is 11.5 Å². The summed E-state index contributed by atoms with van der Waals surface area (Å²) in [7, 11) is 0. The van der Waals surface area contributed by atoms with Crippen molar-refractivity contribution < 1.29 is 5.11 Å². The quantitative estimate of drug-likeness (QED) is 0.278. The molecule has 0 atom stereocenters. The molecule has 3 aromatic heterocycles. The van der Waals surface area contributed by atoms with E-state index in [-0.39, 0.29) is 17.6 Å². The van der Waals surface area contributed by atoms with Crippen molar-refractivity contribution in [2.75, 3.05) is 36.4 Å². The number of aromatic nitrogens is 5. The number of piperazine rings is 1. The standard InChI is InChI=1S/C23H24ClN9O2/c24-16-10-15(32-7-5-25-6-8-32)3-4-17(16)28-19-11-20(27-14-1-2-14)33-21(30-19)13(12-26-33)9-18-22(34)31-23(35)29-18/h3-4,9-12,14,25,28,34H,1-2,5-8H2,(H2,29,31,35)/b13-9-,27-20?. The molecule has 4 aromatic rings. The Morgan fingerprint density at radius 1 is 1.20 bits per heavy atom. The highest BCUT2D eigenvalue weighted by Crippen LogP contribution is 2.29. The van der Waals surface area contributed by atoms with E-state index in [0.29, 0.717) is 27.2 Å². The topological polar surface area (TPSA) is 139 Å². The Balaban J connectivity index is 1.40. The number of nitrogens with zero attached hydrogens (tertiary/aromatic N) is 5. The maximum atomic E-state index is 11.5. The lowest BCUT2D eigenvalue weighted by molar-refractivity contribution is 0.454. The van der Waals surface area contributed by atoms with Gasteiger partial charge in [-0.15, -0.1) is 0 Å². The monoisotopic (exact) mass is 493 g/mol. The number of hydrogen-bond donors (Lipinski definition) is 5. The van der Waals surface area contributed by atoms with Crippen molar-refractivity contribution in [3.8, 4) is 5.88 Å². The maximum absolute atomic E-state index is 11.5. The Morgan fingerprint density at radius 2 is 2.03 bits per heavy atom. The lowest BCUT2D eigenvalue weighted by Crippen LogP contribution is -2.43. The normalized spacial score (nSPS) is 17.5. The molecule has 2 fully saturated rings. The highest BCUT2D eigenvalue weighted by Gasteiger charge is 2.20.